The van der Waals surface area contributed by atoms with Crippen molar-refractivity contribution in [2.75, 3.05) is 26.2 Å². The summed E-state index contributed by atoms with van der Waals surface area (Å²) in [5, 5.41) is 12.1. The number of aromatic nitrogens is 2. The highest BCUT2D eigenvalue weighted by molar-refractivity contribution is 5.85. The second kappa shape index (κ2) is 8.84. The Morgan fingerprint density at radius 3 is 2.32 bits per heavy atom. The van der Waals surface area contributed by atoms with Crippen LogP contribution in [0.25, 0.3) is 10.9 Å². The average molecular weight is 411 g/mol. The van der Waals surface area contributed by atoms with Gasteiger partial charge in [-0.1, -0.05) is 54.6 Å². The zero-order chi connectivity index (χ0) is 21.0. The van der Waals surface area contributed by atoms with Crippen molar-refractivity contribution in [3.8, 4) is 5.75 Å². The Labute approximate surface area is 182 Å². The van der Waals surface area contributed by atoms with Crippen LogP contribution in [0.1, 0.15) is 22.9 Å². The van der Waals surface area contributed by atoms with E-state index in [1.54, 1.807) is 6.20 Å². The summed E-state index contributed by atoms with van der Waals surface area (Å²) < 4.78 is 0. The van der Waals surface area contributed by atoms with E-state index in [9.17, 15) is 5.11 Å². The molecule has 4 aromatic rings. The lowest BCUT2D eigenvalue weighted by Gasteiger charge is -2.39. The molecule has 0 unspecified atom stereocenters. The van der Waals surface area contributed by atoms with Gasteiger partial charge in [-0.25, -0.2) is 0 Å². The minimum atomic E-state index is -0.105. The van der Waals surface area contributed by atoms with Crippen molar-refractivity contribution in [1.82, 2.24) is 19.8 Å². The number of piperazine rings is 1. The van der Waals surface area contributed by atoms with Crippen LogP contribution in [0, 0.1) is 0 Å². The summed E-state index contributed by atoms with van der Waals surface area (Å²) in [5.74, 6) is 0.250. The molecule has 0 spiro atoms. The molecular formula is C26H26N4O. The number of hydrogen-bond donors (Lipinski definition) is 1. The van der Waals surface area contributed by atoms with Crippen LogP contribution in [0.15, 0.2) is 85.2 Å². The third kappa shape index (κ3) is 4.15. The molecule has 156 valence electrons. The van der Waals surface area contributed by atoms with Crippen LogP contribution in [0.2, 0.25) is 0 Å². The first-order chi connectivity index (χ1) is 15.3. The Kier molecular flexibility index (Phi) is 5.61. The molecule has 5 heteroatoms. The zero-order valence-corrected chi connectivity index (χ0v) is 17.4. The predicted molar refractivity (Wildman–Crippen MR) is 123 cm³/mol. The fourth-order valence-corrected chi connectivity index (χ4v) is 4.47. The number of phenolic OH excluding ortho intramolecular Hbond substituents is 1. The molecule has 31 heavy (non-hydrogen) atoms. The van der Waals surface area contributed by atoms with E-state index in [0.29, 0.717) is 5.52 Å². The largest absolute Gasteiger partial charge is 0.505 e. The zero-order valence-electron chi connectivity index (χ0n) is 17.4. The first kappa shape index (κ1) is 19.7. The maximum atomic E-state index is 11.1. The van der Waals surface area contributed by atoms with E-state index in [0.717, 1.165) is 49.4 Å². The minimum Gasteiger partial charge on any atom is -0.505 e. The lowest BCUT2D eigenvalue weighted by atomic mass is 9.97. The van der Waals surface area contributed by atoms with E-state index in [1.165, 1.54) is 5.56 Å². The van der Waals surface area contributed by atoms with Crippen molar-refractivity contribution in [2.45, 2.75) is 12.6 Å². The Balaban J connectivity index is 1.43. The van der Waals surface area contributed by atoms with Crippen LogP contribution < -0.4 is 0 Å². The highest BCUT2D eigenvalue weighted by Crippen LogP contribution is 2.37. The number of rotatable bonds is 5. The Morgan fingerprint density at radius 2 is 1.55 bits per heavy atom. The van der Waals surface area contributed by atoms with Crippen LogP contribution >= 0.6 is 0 Å². The molecule has 0 aliphatic carbocycles. The first-order valence-corrected chi connectivity index (χ1v) is 10.8. The van der Waals surface area contributed by atoms with Crippen LogP contribution in [0.4, 0.5) is 0 Å². The lowest BCUT2D eigenvalue weighted by molar-refractivity contribution is 0.102. The maximum Gasteiger partial charge on any atom is 0.146 e. The Hall–Kier alpha value is -3.28. The number of hydrogen-bond acceptors (Lipinski definition) is 5. The fraction of sp³-hybridized carbons (Fsp3) is 0.231. The normalized spacial score (nSPS) is 16.4. The van der Waals surface area contributed by atoms with Crippen molar-refractivity contribution in [1.29, 1.82) is 0 Å². The molecule has 3 heterocycles. The van der Waals surface area contributed by atoms with Crippen molar-refractivity contribution < 1.29 is 5.11 Å². The summed E-state index contributed by atoms with van der Waals surface area (Å²) in [7, 11) is 0. The molecule has 0 radical (unpaired) electrons. The van der Waals surface area contributed by atoms with Gasteiger partial charge >= 0.3 is 0 Å². The van der Waals surface area contributed by atoms with Gasteiger partial charge in [-0.05, 0) is 23.8 Å². The summed E-state index contributed by atoms with van der Waals surface area (Å²) in [6.07, 6.45) is 3.55. The number of benzene rings is 2. The van der Waals surface area contributed by atoms with Gasteiger partial charge in [0.2, 0.25) is 0 Å². The lowest BCUT2D eigenvalue weighted by Crippen LogP contribution is -2.47. The van der Waals surface area contributed by atoms with E-state index >= 15 is 0 Å². The number of phenols is 1. The van der Waals surface area contributed by atoms with Gasteiger partial charge in [0.1, 0.15) is 11.3 Å². The van der Waals surface area contributed by atoms with E-state index in [4.69, 9.17) is 0 Å². The van der Waals surface area contributed by atoms with E-state index in [1.807, 2.05) is 48.7 Å². The summed E-state index contributed by atoms with van der Waals surface area (Å²) >= 11 is 0. The van der Waals surface area contributed by atoms with Gasteiger partial charge < -0.3 is 5.11 Å². The highest BCUT2D eigenvalue weighted by atomic mass is 16.3. The number of pyridine rings is 2. The second-order valence-corrected chi connectivity index (χ2v) is 8.03. The number of aromatic hydroxyl groups is 1. The van der Waals surface area contributed by atoms with Gasteiger partial charge in [-0.2, -0.15) is 0 Å². The average Bonchev–Trinajstić information content (AvgIpc) is 2.83. The molecule has 1 saturated heterocycles. The standard InChI is InChI=1S/C26H26N4O/c31-26-22(12-11-21-9-6-14-28-24(21)26)25(23-10-4-5-13-27-23)30-17-15-29(16-18-30)19-20-7-2-1-3-8-20/h1-14,25,31H,15-19H2/t25-/m0/s1. The summed E-state index contributed by atoms with van der Waals surface area (Å²) in [6.45, 7) is 4.74. The minimum absolute atomic E-state index is 0.105. The topological polar surface area (TPSA) is 52.5 Å². The molecule has 0 saturated carbocycles. The molecule has 5 rings (SSSR count). The van der Waals surface area contributed by atoms with Crippen molar-refractivity contribution in [2.24, 2.45) is 0 Å². The summed E-state index contributed by atoms with van der Waals surface area (Å²) in [5.41, 5.74) is 3.80. The molecule has 1 N–H and O–H groups in total. The van der Waals surface area contributed by atoms with E-state index in [2.05, 4.69) is 50.1 Å². The van der Waals surface area contributed by atoms with Gasteiger partial charge in [0, 0.05) is 56.1 Å². The monoisotopic (exact) mass is 410 g/mol. The Bertz CT molecular complexity index is 1140. The SMILES string of the molecule is Oc1c([C@@H](c2ccccn2)N2CCN(Cc3ccccc3)CC2)ccc2cccnc12. The van der Waals surface area contributed by atoms with Crippen LogP contribution in [0.3, 0.4) is 0 Å². The van der Waals surface area contributed by atoms with E-state index < -0.39 is 0 Å². The first-order valence-electron chi connectivity index (χ1n) is 10.8. The molecule has 0 amide bonds. The van der Waals surface area contributed by atoms with Crippen molar-refractivity contribution in [3.05, 3.63) is 102 Å². The molecule has 2 aromatic heterocycles. The molecule has 2 aromatic carbocycles. The predicted octanol–water partition coefficient (Wildman–Crippen LogP) is 4.24. The van der Waals surface area contributed by atoms with E-state index in [-0.39, 0.29) is 11.8 Å². The van der Waals surface area contributed by atoms with Crippen molar-refractivity contribution >= 4 is 10.9 Å². The molecule has 1 atom stereocenters. The Morgan fingerprint density at radius 1 is 0.774 bits per heavy atom. The van der Waals surface area contributed by atoms with Gasteiger partial charge in [0.15, 0.2) is 0 Å². The third-order valence-corrected chi connectivity index (χ3v) is 6.06. The maximum absolute atomic E-state index is 11.1. The second-order valence-electron chi connectivity index (χ2n) is 8.03. The quantitative estimate of drug-likeness (QED) is 0.533. The smallest absolute Gasteiger partial charge is 0.146 e. The molecule has 5 nitrogen and oxygen atoms in total. The summed E-state index contributed by atoms with van der Waals surface area (Å²) in [6, 6.07) is 24.4. The van der Waals surface area contributed by atoms with Crippen LogP contribution in [0.5, 0.6) is 5.75 Å². The molecule has 0 bridgehead atoms. The number of fused-ring (bicyclic) bond motifs is 1. The van der Waals surface area contributed by atoms with Gasteiger partial charge in [0.05, 0.1) is 11.7 Å². The summed E-state index contributed by atoms with van der Waals surface area (Å²) in [4.78, 5) is 14.0. The molecular weight excluding hydrogens is 384 g/mol. The van der Waals surface area contributed by atoms with Gasteiger partial charge in [-0.15, -0.1) is 0 Å². The number of nitrogens with zero attached hydrogens (tertiary/aromatic N) is 4. The van der Waals surface area contributed by atoms with Crippen molar-refractivity contribution in [3.63, 3.8) is 0 Å². The van der Waals surface area contributed by atoms with Crippen LogP contribution in [-0.4, -0.2) is 51.1 Å². The third-order valence-electron chi connectivity index (χ3n) is 6.06. The highest BCUT2D eigenvalue weighted by Gasteiger charge is 2.29. The molecule has 1 fully saturated rings. The van der Waals surface area contributed by atoms with Gasteiger partial charge in [-0.3, -0.25) is 19.8 Å². The van der Waals surface area contributed by atoms with Crippen LogP contribution in [-0.2, 0) is 6.54 Å². The molecule has 1 aliphatic rings. The molecule has 1 aliphatic heterocycles. The fourth-order valence-electron chi connectivity index (χ4n) is 4.47. The van der Waals surface area contributed by atoms with Gasteiger partial charge in [0.25, 0.3) is 0 Å².